The van der Waals surface area contributed by atoms with Crippen molar-refractivity contribution in [3.8, 4) is 16.9 Å². The van der Waals surface area contributed by atoms with Gasteiger partial charge in [0.1, 0.15) is 5.75 Å². The third-order valence-corrected chi connectivity index (χ3v) is 7.66. The number of carbonyl (C=O) groups excluding carboxylic acids is 1. The summed E-state index contributed by atoms with van der Waals surface area (Å²) in [6.07, 6.45) is 4.30. The van der Waals surface area contributed by atoms with Gasteiger partial charge < -0.3 is 20.4 Å². The van der Waals surface area contributed by atoms with E-state index in [-0.39, 0.29) is 11.3 Å². The monoisotopic (exact) mass is 609 g/mol. The van der Waals surface area contributed by atoms with Gasteiger partial charge in [-0.05, 0) is 66.6 Å². The van der Waals surface area contributed by atoms with Crippen LogP contribution in [0.3, 0.4) is 0 Å². The van der Waals surface area contributed by atoms with Crippen molar-refractivity contribution >= 4 is 28.4 Å². The van der Waals surface area contributed by atoms with Crippen LogP contribution in [0, 0.1) is 6.57 Å². The fraction of sp³-hybridized carbons (Fsp3) is 0.355. The molecule has 1 aliphatic rings. The van der Waals surface area contributed by atoms with Gasteiger partial charge in [-0.15, -0.1) is 0 Å². The van der Waals surface area contributed by atoms with Crippen molar-refractivity contribution in [2.75, 3.05) is 44.2 Å². The standard InChI is InChI=1S/C31H31F4N7O2/c1-37-23-6-8-26-25(15-23)21(16-38-26)4-2-3-9-41-10-12-42(13-11-41)30-39-17-22(18-40-30)20-5-7-24(28(36)43)27(14-20)44-19-31(34,35)29(32)33/h5-8,14-18,29,38H,2-4,9-13,19H2,(H2,36,43). The number of primary amides is 1. The number of nitrogens with zero attached hydrogens (tertiary/aromatic N) is 5. The zero-order chi connectivity index (χ0) is 31.3. The van der Waals surface area contributed by atoms with E-state index in [4.69, 9.17) is 17.0 Å². The van der Waals surface area contributed by atoms with Crippen molar-refractivity contribution in [2.24, 2.45) is 5.73 Å². The molecule has 2 aromatic carbocycles. The minimum atomic E-state index is -4.39. The van der Waals surface area contributed by atoms with Crippen LogP contribution in [0.15, 0.2) is 55.0 Å². The topological polar surface area (TPSA) is 105 Å². The Morgan fingerprint density at radius 1 is 1.07 bits per heavy atom. The number of unbranched alkanes of at least 4 members (excludes halogenated alkanes) is 1. The maximum atomic E-state index is 13.4. The number of nitrogens with two attached hydrogens (primary N) is 1. The normalized spacial score (nSPS) is 14.2. The molecular formula is C31H31F4N7O2. The first-order chi connectivity index (χ1) is 21.1. The zero-order valence-corrected chi connectivity index (χ0v) is 23.8. The summed E-state index contributed by atoms with van der Waals surface area (Å²) in [5, 5.41) is 1.11. The van der Waals surface area contributed by atoms with Crippen LogP contribution in [0.4, 0.5) is 29.2 Å². The van der Waals surface area contributed by atoms with Crippen LogP contribution in [0.2, 0.25) is 0 Å². The number of halogens is 4. The van der Waals surface area contributed by atoms with Crippen molar-refractivity contribution in [1.82, 2.24) is 19.9 Å². The van der Waals surface area contributed by atoms with Crippen LogP contribution < -0.4 is 15.4 Å². The van der Waals surface area contributed by atoms with Crippen LogP contribution in [-0.2, 0) is 6.42 Å². The van der Waals surface area contributed by atoms with E-state index in [1.807, 2.05) is 24.4 Å². The summed E-state index contributed by atoms with van der Waals surface area (Å²) in [5.74, 6) is -5.11. The molecule has 9 nitrogen and oxygen atoms in total. The molecule has 0 radical (unpaired) electrons. The number of alkyl halides is 4. The number of anilines is 1. The fourth-order valence-corrected chi connectivity index (χ4v) is 5.16. The second-order valence-electron chi connectivity index (χ2n) is 10.6. The molecule has 4 aromatic rings. The first-order valence-electron chi connectivity index (χ1n) is 14.1. The molecule has 230 valence electrons. The number of hydrogen-bond donors (Lipinski definition) is 2. The van der Waals surface area contributed by atoms with E-state index in [1.54, 1.807) is 12.4 Å². The molecule has 44 heavy (non-hydrogen) atoms. The molecule has 3 heterocycles. The Kier molecular flexibility index (Phi) is 9.29. The quantitative estimate of drug-likeness (QED) is 0.121. The Bertz CT molecular complexity index is 1650. The second-order valence-corrected chi connectivity index (χ2v) is 10.6. The Hall–Kier alpha value is -4.70. The number of ether oxygens (including phenoxy) is 1. The number of H-pyrrole nitrogens is 1. The molecule has 1 fully saturated rings. The maximum absolute atomic E-state index is 13.4. The number of amides is 1. The van der Waals surface area contributed by atoms with Gasteiger partial charge in [-0.2, -0.15) is 8.78 Å². The molecule has 2 aromatic heterocycles. The summed E-state index contributed by atoms with van der Waals surface area (Å²) < 4.78 is 56.8. The number of nitrogens with one attached hydrogen (secondary N) is 1. The predicted molar refractivity (Wildman–Crippen MR) is 159 cm³/mol. The smallest absolute Gasteiger partial charge is 0.340 e. The van der Waals surface area contributed by atoms with Crippen LogP contribution in [0.1, 0.15) is 28.8 Å². The van der Waals surface area contributed by atoms with Gasteiger partial charge in [0.05, 0.1) is 12.1 Å². The van der Waals surface area contributed by atoms with Gasteiger partial charge in [-0.3, -0.25) is 9.69 Å². The lowest BCUT2D eigenvalue weighted by Gasteiger charge is -2.34. The first kappa shape index (κ1) is 30.7. The van der Waals surface area contributed by atoms with Crippen LogP contribution >= 0.6 is 0 Å². The maximum Gasteiger partial charge on any atom is 0.340 e. The Labute approximate surface area is 251 Å². The van der Waals surface area contributed by atoms with Gasteiger partial charge in [0.2, 0.25) is 5.95 Å². The number of aryl methyl sites for hydroxylation is 1. The van der Waals surface area contributed by atoms with Gasteiger partial charge in [0.25, 0.3) is 5.91 Å². The lowest BCUT2D eigenvalue weighted by molar-refractivity contribution is -0.148. The van der Waals surface area contributed by atoms with E-state index in [9.17, 15) is 22.4 Å². The highest BCUT2D eigenvalue weighted by Gasteiger charge is 2.42. The van der Waals surface area contributed by atoms with Gasteiger partial charge in [-0.25, -0.2) is 23.6 Å². The highest BCUT2D eigenvalue weighted by molar-refractivity contribution is 5.96. The van der Waals surface area contributed by atoms with Crippen molar-refractivity contribution in [2.45, 2.75) is 31.6 Å². The molecule has 0 unspecified atom stereocenters. The minimum absolute atomic E-state index is 0.206. The molecule has 0 bridgehead atoms. The molecule has 5 rings (SSSR count). The number of fused-ring (bicyclic) bond motifs is 1. The summed E-state index contributed by atoms with van der Waals surface area (Å²) in [6, 6.07) is 9.80. The molecule has 3 N–H and O–H groups in total. The van der Waals surface area contributed by atoms with Gasteiger partial charge >= 0.3 is 12.3 Å². The minimum Gasteiger partial charge on any atom is -0.486 e. The third-order valence-electron chi connectivity index (χ3n) is 7.66. The van der Waals surface area contributed by atoms with Gasteiger partial charge in [0.15, 0.2) is 12.3 Å². The molecule has 1 aliphatic heterocycles. The number of rotatable bonds is 12. The number of aromatic amines is 1. The zero-order valence-electron chi connectivity index (χ0n) is 23.8. The van der Waals surface area contributed by atoms with Crippen LogP contribution in [-0.4, -0.2) is 77.4 Å². The first-order valence-corrected chi connectivity index (χ1v) is 14.1. The highest BCUT2D eigenvalue weighted by atomic mass is 19.3. The molecule has 0 spiro atoms. The average molecular weight is 610 g/mol. The molecule has 0 atom stereocenters. The SMILES string of the molecule is [C-]#[N+]c1ccc2[nH]cc(CCCCN3CCN(c4ncc(-c5ccc(C(N)=O)c(OCC(F)(F)C(F)F)c5)cn4)CC3)c2c1. The highest BCUT2D eigenvalue weighted by Crippen LogP contribution is 2.30. The Balaban J connectivity index is 1.12. The van der Waals surface area contributed by atoms with Gasteiger partial charge in [0, 0.05) is 55.8 Å². The number of aromatic nitrogens is 3. The van der Waals surface area contributed by atoms with Gasteiger partial charge in [-0.1, -0.05) is 12.1 Å². The van der Waals surface area contributed by atoms with E-state index in [0.29, 0.717) is 22.8 Å². The molecule has 13 heteroatoms. The predicted octanol–water partition coefficient (Wildman–Crippen LogP) is 5.70. The number of piperazine rings is 1. The largest absolute Gasteiger partial charge is 0.486 e. The summed E-state index contributed by atoms with van der Waals surface area (Å²) in [5.41, 5.74) is 8.99. The molecule has 1 saturated heterocycles. The van der Waals surface area contributed by atoms with Crippen LogP contribution in [0.25, 0.3) is 26.9 Å². The summed E-state index contributed by atoms with van der Waals surface area (Å²) in [6.45, 7) is 9.87. The van der Waals surface area contributed by atoms with Crippen molar-refractivity contribution in [3.63, 3.8) is 0 Å². The third kappa shape index (κ3) is 7.08. The van der Waals surface area contributed by atoms with E-state index in [1.165, 1.54) is 23.8 Å². The van der Waals surface area contributed by atoms with Crippen molar-refractivity contribution < 1.29 is 27.1 Å². The number of benzene rings is 2. The van der Waals surface area contributed by atoms with E-state index >= 15 is 0 Å². The second kappa shape index (κ2) is 13.3. The molecule has 0 saturated carbocycles. The fourth-order valence-electron chi connectivity index (χ4n) is 5.16. The van der Waals surface area contributed by atoms with E-state index in [2.05, 4.69) is 29.6 Å². The lowest BCUT2D eigenvalue weighted by atomic mass is 10.1. The lowest BCUT2D eigenvalue weighted by Crippen LogP contribution is -2.47. The van der Waals surface area contributed by atoms with Crippen LogP contribution in [0.5, 0.6) is 5.75 Å². The molecule has 0 aliphatic carbocycles. The molecular weight excluding hydrogens is 578 g/mol. The Morgan fingerprint density at radius 2 is 1.82 bits per heavy atom. The number of hydrogen-bond acceptors (Lipinski definition) is 6. The summed E-state index contributed by atoms with van der Waals surface area (Å²) in [4.78, 5) is 32.0. The summed E-state index contributed by atoms with van der Waals surface area (Å²) in [7, 11) is 0. The average Bonchev–Trinajstić information content (AvgIpc) is 3.44. The van der Waals surface area contributed by atoms with E-state index in [0.717, 1.165) is 62.9 Å². The number of carbonyl (C=O) groups is 1. The Morgan fingerprint density at radius 3 is 2.50 bits per heavy atom. The van der Waals surface area contributed by atoms with Crippen molar-refractivity contribution in [3.05, 3.63) is 77.5 Å². The van der Waals surface area contributed by atoms with Crippen molar-refractivity contribution in [1.29, 1.82) is 0 Å². The van der Waals surface area contributed by atoms with E-state index < -0.39 is 24.9 Å². The summed E-state index contributed by atoms with van der Waals surface area (Å²) >= 11 is 0. The molecule has 1 amide bonds.